The molecule has 1 amide bonds. The lowest BCUT2D eigenvalue weighted by Crippen LogP contribution is -2.33. The Labute approximate surface area is 84.0 Å². The molecule has 0 rings (SSSR count). The Bertz CT molecular complexity index is 246. The van der Waals surface area contributed by atoms with Gasteiger partial charge < -0.3 is 10.4 Å². The minimum absolute atomic E-state index is 0.0876. The van der Waals surface area contributed by atoms with Gasteiger partial charge >= 0.3 is 5.97 Å². The van der Waals surface area contributed by atoms with Gasteiger partial charge in [0.15, 0.2) is 0 Å². The molecule has 4 nitrogen and oxygen atoms in total. The number of rotatable bonds is 5. The molecule has 0 aliphatic rings. The van der Waals surface area contributed by atoms with E-state index in [-0.39, 0.29) is 17.5 Å². The topological polar surface area (TPSA) is 66.4 Å². The molecule has 0 fully saturated rings. The van der Waals surface area contributed by atoms with Crippen molar-refractivity contribution in [2.24, 2.45) is 0 Å². The fourth-order valence-electron chi connectivity index (χ4n) is 1.09. The number of hydrogen-bond acceptors (Lipinski definition) is 2. The van der Waals surface area contributed by atoms with Crippen LogP contribution in [0.15, 0.2) is 11.6 Å². The van der Waals surface area contributed by atoms with E-state index in [1.807, 2.05) is 13.8 Å². The molecule has 0 radical (unpaired) electrons. The monoisotopic (exact) mass is 199 g/mol. The van der Waals surface area contributed by atoms with Crippen molar-refractivity contribution in [3.05, 3.63) is 11.6 Å². The van der Waals surface area contributed by atoms with Crippen LogP contribution in [0.2, 0.25) is 0 Å². The summed E-state index contributed by atoms with van der Waals surface area (Å²) in [6, 6.07) is 0.0876. The van der Waals surface area contributed by atoms with Gasteiger partial charge in [-0.2, -0.15) is 0 Å². The van der Waals surface area contributed by atoms with Gasteiger partial charge in [-0.05, 0) is 20.3 Å². The van der Waals surface area contributed by atoms with Gasteiger partial charge in [0.1, 0.15) is 0 Å². The molecule has 1 atom stereocenters. The van der Waals surface area contributed by atoms with Gasteiger partial charge in [0.2, 0.25) is 5.91 Å². The molecule has 0 aliphatic heterocycles. The zero-order valence-corrected chi connectivity index (χ0v) is 8.83. The number of carbonyl (C=O) groups excluding carboxylic acids is 1. The van der Waals surface area contributed by atoms with Crippen LogP contribution >= 0.6 is 0 Å². The third-order valence-electron chi connectivity index (χ3n) is 1.80. The molecule has 0 heterocycles. The maximum absolute atomic E-state index is 11.3. The molecule has 14 heavy (non-hydrogen) atoms. The van der Waals surface area contributed by atoms with Gasteiger partial charge in [-0.15, -0.1) is 0 Å². The first-order chi connectivity index (χ1) is 6.47. The highest BCUT2D eigenvalue weighted by Crippen LogP contribution is 1.98. The van der Waals surface area contributed by atoms with Crippen molar-refractivity contribution in [1.82, 2.24) is 5.32 Å². The minimum Gasteiger partial charge on any atom is -0.478 e. The van der Waals surface area contributed by atoms with E-state index >= 15 is 0 Å². The molecular weight excluding hydrogens is 182 g/mol. The molecule has 0 aromatic carbocycles. The summed E-state index contributed by atoms with van der Waals surface area (Å²) in [5.74, 6) is -1.41. The maximum atomic E-state index is 11.3. The average molecular weight is 199 g/mol. The largest absolute Gasteiger partial charge is 0.478 e. The van der Waals surface area contributed by atoms with Crippen molar-refractivity contribution >= 4 is 11.9 Å². The number of hydrogen-bond donors (Lipinski definition) is 2. The molecule has 0 aliphatic carbocycles. The van der Waals surface area contributed by atoms with Crippen molar-refractivity contribution < 1.29 is 14.7 Å². The molecule has 1 unspecified atom stereocenters. The Kier molecular flexibility index (Phi) is 5.60. The lowest BCUT2D eigenvalue weighted by atomic mass is 10.2. The van der Waals surface area contributed by atoms with E-state index in [1.165, 1.54) is 6.92 Å². The summed E-state index contributed by atoms with van der Waals surface area (Å²) in [6.45, 7) is 5.42. The molecule has 80 valence electrons. The Hall–Kier alpha value is -1.32. The summed E-state index contributed by atoms with van der Waals surface area (Å²) >= 11 is 0. The number of carboxylic acid groups (broad SMARTS) is 1. The van der Waals surface area contributed by atoms with Crippen LogP contribution in [0.4, 0.5) is 0 Å². The Morgan fingerprint density at radius 1 is 1.50 bits per heavy atom. The first kappa shape index (κ1) is 12.7. The van der Waals surface area contributed by atoms with Gasteiger partial charge in [0, 0.05) is 17.7 Å². The molecule has 2 N–H and O–H groups in total. The van der Waals surface area contributed by atoms with Crippen molar-refractivity contribution in [2.45, 2.75) is 39.7 Å². The Morgan fingerprint density at radius 3 is 2.50 bits per heavy atom. The summed E-state index contributed by atoms with van der Waals surface area (Å²) in [6.07, 6.45) is 2.79. The Morgan fingerprint density at radius 2 is 2.07 bits per heavy atom. The Balaban J connectivity index is 4.14. The quantitative estimate of drug-likeness (QED) is 0.656. The highest BCUT2D eigenvalue weighted by molar-refractivity contribution is 5.98. The summed E-state index contributed by atoms with van der Waals surface area (Å²) in [4.78, 5) is 21.6. The third-order valence-corrected chi connectivity index (χ3v) is 1.80. The first-order valence-electron chi connectivity index (χ1n) is 4.69. The average Bonchev–Trinajstić information content (AvgIpc) is 2.02. The predicted molar refractivity (Wildman–Crippen MR) is 53.9 cm³/mol. The first-order valence-corrected chi connectivity index (χ1v) is 4.69. The van der Waals surface area contributed by atoms with Gasteiger partial charge in [-0.25, -0.2) is 4.79 Å². The number of amides is 1. The van der Waals surface area contributed by atoms with E-state index in [0.717, 1.165) is 18.9 Å². The minimum atomic E-state index is -1.10. The van der Waals surface area contributed by atoms with Crippen LogP contribution < -0.4 is 5.32 Å². The van der Waals surface area contributed by atoms with Gasteiger partial charge in [0.05, 0.1) is 0 Å². The highest BCUT2D eigenvalue weighted by atomic mass is 16.4. The smallest absolute Gasteiger partial charge is 0.328 e. The normalized spacial score (nSPS) is 13.5. The van der Waals surface area contributed by atoms with Gasteiger partial charge in [-0.3, -0.25) is 4.79 Å². The van der Waals surface area contributed by atoms with Gasteiger partial charge in [-0.1, -0.05) is 13.3 Å². The molecule has 0 saturated carbocycles. The van der Waals surface area contributed by atoms with E-state index in [2.05, 4.69) is 5.32 Å². The molecule has 0 aromatic rings. The third kappa shape index (κ3) is 5.35. The van der Waals surface area contributed by atoms with E-state index < -0.39 is 5.97 Å². The summed E-state index contributed by atoms with van der Waals surface area (Å²) < 4.78 is 0. The fourth-order valence-corrected chi connectivity index (χ4v) is 1.09. The second-order valence-electron chi connectivity index (χ2n) is 3.33. The van der Waals surface area contributed by atoms with Crippen LogP contribution in [-0.4, -0.2) is 23.0 Å². The number of aliphatic carboxylic acids is 1. The molecule has 4 heteroatoms. The zero-order valence-electron chi connectivity index (χ0n) is 8.83. The lowest BCUT2D eigenvalue weighted by Gasteiger charge is -2.12. The zero-order chi connectivity index (χ0) is 11.1. The summed E-state index contributed by atoms with van der Waals surface area (Å²) in [5.41, 5.74) is 0.223. The highest BCUT2D eigenvalue weighted by Gasteiger charge is 2.08. The number of carboxylic acids is 1. The van der Waals surface area contributed by atoms with E-state index in [1.54, 1.807) is 0 Å². The van der Waals surface area contributed by atoms with Crippen molar-refractivity contribution in [1.29, 1.82) is 0 Å². The molecule has 0 bridgehead atoms. The summed E-state index contributed by atoms with van der Waals surface area (Å²) in [5, 5.41) is 11.1. The number of carbonyl (C=O) groups is 2. The molecular formula is C10H17NO3. The second kappa shape index (κ2) is 6.18. The lowest BCUT2D eigenvalue weighted by molar-refractivity contribution is -0.131. The summed E-state index contributed by atoms with van der Waals surface area (Å²) in [7, 11) is 0. The van der Waals surface area contributed by atoms with Crippen molar-refractivity contribution in [3.8, 4) is 0 Å². The molecule has 0 aromatic heterocycles. The molecule has 0 saturated heterocycles. The molecule has 0 spiro atoms. The number of nitrogens with one attached hydrogen (secondary N) is 1. The van der Waals surface area contributed by atoms with Crippen LogP contribution in [0, 0.1) is 0 Å². The van der Waals surface area contributed by atoms with Gasteiger partial charge in [0.25, 0.3) is 0 Å². The van der Waals surface area contributed by atoms with Crippen LogP contribution in [0.1, 0.15) is 33.6 Å². The van der Waals surface area contributed by atoms with Crippen LogP contribution in [0.3, 0.4) is 0 Å². The van der Waals surface area contributed by atoms with Crippen LogP contribution in [0.25, 0.3) is 0 Å². The van der Waals surface area contributed by atoms with E-state index in [4.69, 9.17) is 5.11 Å². The van der Waals surface area contributed by atoms with Crippen molar-refractivity contribution in [2.75, 3.05) is 0 Å². The standard InChI is InChI=1S/C10H17NO3/c1-4-5-8(3)11-10(14)7(2)6-9(12)13/h6,8H,4-5H2,1-3H3,(H,11,14)(H,12,13)/b7-6-. The van der Waals surface area contributed by atoms with Crippen LogP contribution in [0.5, 0.6) is 0 Å². The fraction of sp³-hybridized carbons (Fsp3) is 0.600. The predicted octanol–water partition coefficient (Wildman–Crippen LogP) is 1.32. The van der Waals surface area contributed by atoms with Crippen molar-refractivity contribution in [3.63, 3.8) is 0 Å². The van der Waals surface area contributed by atoms with Crippen LogP contribution in [-0.2, 0) is 9.59 Å². The van der Waals surface area contributed by atoms with E-state index in [0.29, 0.717) is 0 Å². The SMILES string of the molecule is CCCC(C)NC(=O)/C(C)=C\C(=O)O. The second-order valence-corrected chi connectivity index (χ2v) is 3.33. The maximum Gasteiger partial charge on any atom is 0.328 e. The van der Waals surface area contributed by atoms with E-state index in [9.17, 15) is 9.59 Å².